The van der Waals surface area contributed by atoms with Gasteiger partial charge in [0.2, 0.25) is 0 Å². The van der Waals surface area contributed by atoms with Gasteiger partial charge in [0, 0.05) is 0 Å². The third-order valence-corrected chi connectivity index (χ3v) is 3.35. The van der Waals surface area contributed by atoms with Crippen molar-refractivity contribution in [2.75, 3.05) is 11.5 Å². The molecule has 0 aromatic heterocycles. The number of hydrogen-bond acceptors (Lipinski definition) is 4. The fourth-order valence-corrected chi connectivity index (χ4v) is 2.52. The summed E-state index contributed by atoms with van der Waals surface area (Å²) in [4.78, 5) is 21.2. The minimum atomic E-state index is -3.28. The van der Waals surface area contributed by atoms with Crippen LogP contribution in [0.25, 0.3) is 0 Å². The number of Topliss-reactive ketones (excluding diaryl/α,β-unsaturated/α-hetero) is 1. The van der Waals surface area contributed by atoms with E-state index in [1.54, 1.807) is 0 Å². The van der Waals surface area contributed by atoms with Crippen molar-refractivity contribution in [3.05, 3.63) is 0 Å². The number of rotatable bonds is 1. The van der Waals surface area contributed by atoms with Crippen LogP contribution in [0.4, 0.5) is 4.79 Å². The summed E-state index contributed by atoms with van der Waals surface area (Å²) in [5.41, 5.74) is 0. The van der Waals surface area contributed by atoms with Gasteiger partial charge in [0.15, 0.2) is 15.6 Å². The molecule has 1 atom stereocenters. The molecule has 1 rings (SSSR count). The maximum atomic E-state index is 11.0. The average Bonchev–Trinajstić information content (AvgIpc) is 1.93. The Balaban J connectivity index is 2.64. The van der Waals surface area contributed by atoms with Crippen molar-refractivity contribution >= 4 is 21.7 Å². The Morgan fingerprint density at radius 1 is 1.54 bits per heavy atom. The zero-order valence-electron chi connectivity index (χ0n) is 6.69. The van der Waals surface area contributed by atoms with Crippen molar-refractivity contribution in [2.45, 2.75) is 12.5 Å². The number of nitrogens with one attached hydrogen (secondary N) is 1. The highest BCUT2D eigenvalue weighted by Gasteiger charge is 2.31. The Labute approximate surface area is 74.9 Å². The number of hydrogen-bond donors (Lipinski definition) is 2. The maximum absolute atomic E-state index is 11.0. The van der Waals surface area contributed by atoms with Crippen molar-refractivity contribution in [1.29, 1.82) is 0 Å². The third-order valence-electron chi connectivity index (χ3n) is 1.77. The summed E-state index contributed by atoms with van der Waals surface area (Å²) in [6.07, 6.45) is -1.27. The van der Waals surface area contributed by atoms with E-state index in [0.29, 0.717) is 0 Å². The van der Waals surface area contributed by atoms with Gasteiger partial charge in [-0.05, 0) is 6.42 Å². The number of carbonyl (C=O) groups excluding carboxylic acids is 1. The monoisotopic (exact) mass is 207 g/mol. The molecule has 0 radical (unpaired) electrons. The summed E-state index contributed by atoms with van der Waals surface area (Å²) in [7, 11) is -3.28. The van der Waals surface area contributed by atoms with Gasteiger partial charge in [-0.25, -0.2) is 13.2 Å². The molecule has 13 heavy (non-hydrogen) atoms. The van der Waals surface area contributed by atoms with Crippen LogP contribution in [0.5, 0.6) is 0 Å². The molecule has 1 amide bonds. The molecule has 7 heteroatoms. The van der Waals surface area contributed by atoms with Crippen LogP contribution >= 0.6 is 0 Å². The zero-order chi connectivity index (χ0) is 10.1. The van der Waals surface area contributed by atoms with Crippen molar-refractivity contribution in [3.8, 4) is 0 Å². The quantitative estimate of drug-likeness (QED) is 0.575. The lowest BCUT2D eigenvalue weighted by Gasteiger charge is -2.20. The highest BCUT2D eigenvalue weighted by molar-refractivity contribution is 7.92. The lowest BCUT2D eigenvalue weighted by molar-refractivity contribution is -0.118. The third kappa shape index (κ3) is 2.69. The van der Waals surface area contributed by atoms with E-state index in [1.165, 1.54) is 0 Å². The Morgan fingerprint density at radius 3 is 2.62 bits per heavy atom. The standard InChI is InChI=1S/C6H9NO5S/c8-5-3-13(11,12)2-1-4(5)7-6(9)10/h4,7H,1-3H2,(H,9,10). The molecule has 0 bridgehead atoms. The largest absolute Gasteiger partial charge is 0.465 e. The van der Waals surface area contributed by atoms with Crippen molar-refractivity contribution in [2.24, 2.45) is 0 Å². The van der Waals surface area contributed by atoms with E-state index >= 15 is 0 Å². The SMILES string of the molecule is O=C(O)NC1CCS(=O)(=O)CC1=O. The van der Waals surface area contributed by atoms with Crippen LogP contribution in [-0.2, 0) is 14.6 Å². The second kappa shape index (κ2) is 3.33. The lowest BCUT2D eigenvalue weighted by atomic mass is 10.1. The topological polar surface area (TPSA) is 101 Å². The van der Waals surface area contributed by atoms with E-state index in [4.69, 9.17) is 5.11 Å². The van der Waals surface area contributed by atoms with Crippen LogP contribution in [0.2, 0.25) is 0 Å². The summed E-state index contributed by atoms with van der Waals surface area (Å²) in [6, 6.07) is -0.860. The van der Waals surface area contributed by atoms with Gasteiger partial charge in [-0.1, -0.05) is 0 Å². The second-order valence-electron chi connectivity index (χ2n) is 2.85. The van der Waals surface area contributed by atoms with E-state index in [2.05, 4.69) is 0 Å². The van der Waals surface area contributed by atoms with Crippen molar-refractivity contribution in [1.82, 2.24) is 5.32 Å². The summed E-state index contributed by atoms with van der Waals surface area (Å²) >= 11 is 0. The fourth-order valence-electron chi connectivity index (χ4n) is 1.15. The molecular formula is C6H9NO5S. The molecule has 0 aliphatic carbocycles. The Morgan fingerprint density at radius 2 is 2.15 bits per heavy atom. The molecule has 0 aromatic rings. The van der Waals surface area contributed by atoms with Crippen molar-refractivity contribution in [3.63, 3.8) is 0 Å². The Kier molecular flexibility index (Phi) is 2.55. The van der Waals surface area contributed by atoms with Gasteiger partial charge in [0.05, 0.1) is 11.8 Å². The second-order valence-corrected chi connectivity index (χ2v) is 5.03. The van der Waals surface area contributed by atoms with E-state index in [1.807, 2.05) is 5.32 Å². The van der Waals surface area contributed by atoms with Gasteiger partial charge in [0.25, 0.3) is 0 Å². The van der Waals surface area contributed by atoms with Gasteiger partial charge in [-0.3, -0.25) is 4.79 Å². The van der Waals surface area contributed by atoms with Gasteiger partial charge in [0.1, 0.15) is 5.75 Å². The first-order chi connectivity index (χ1) is 5.91. The maximum Gasteiger partial charge on any atom is 0.405 e. The zero-order valence-corrected chi connectivity index (χ0v) is 7.50. The normalized spacial score (nSPS) is 26.8. The predicted molar refractivity (Wildman–Crippen MR) is 43.2 cm³/mol. The highest BCUT2D eigenvalue weighted by Crippen LogP contribution is 2.08. The van der Waals surface area contributed by atoms with E-state index in [0.717, 1.165) is 0 Å². The van der Waals surface area contributed by atoms with Gasteiger partial charge in [-0.15, -0.1) is 0 Å². The van der Waals surface area contributed by atoms with Gasteiger partial charge < -0.3 is 10.4 Å². The highest BCUT2D eigenvalue weighted by atomic mass is 32.2. The van der Waals surface area contributed by atoms with Crippen LogP contribution in [0, 0.1) is 0 Å². The number of ketones is 1. The first-order valence-electron chi connectivity index (χ1n) is 3.63. The summed E-state index contributed by atoms with van der Waals surface area (Å²) in [5.74, 6) is -1.27. The molecule has 2 N–H and O–H groups in total. The molecule has 0 spiro atoms. The van der Waals surface area contributed by atoms with Crippen LogP contribution in [0.3, 0.4) is 0 Å². The Hall–Kier alpha value is -1.11. The summed E-state index contributed by atoms with van der Waals surface area (Å²) in [6.45, 7) is 0. The van der Waals surface area contributed by atoms with Crippen LogP contribution in [-0.4, -0.2) is 42.9 Å². The molecule has 1 aliphatic heterocycles. The number of sulfone groups is 1. The van der Waals surface area contributed by atoms with Gasteiger partial charge >= 0.3 is 6.09 Å². The molecule has 1 aliphatic rings. The molecule has 1 unspecified atom stereocenters. The van der Waals surface area contributed by atoms with E-state index < -0.39 is 33.5 Å². The molecule has 74 valence electrons. The molecule has 1 heterocycles. The average molecular weight is 207 g/mol. The van der Waals surface area contributed by atoms with Crippen molar-refractivity contribution < 1.29 is 23.1 Å². The minimum absolute atomic E-state index is 0.0352. The molecule has 0 saturated carbocycles. The minimum Gasteiger partial charge on any atom is -0.465 e. The van der Waals surface area contributed by atoms with Crippen LogP contribution in [0.15, 0.2) is 0 Å². The fraction of sp³-hybridized carbons (Fsp3) is 0.667. The number of carboxylic acid groups (broad SMARTS) is 1. The Bertz CT molecular complexity index is 333. The summed E-state index contributed by atoms with van der Waals surface area (Å²) < 4.78 is 21.8. The van der Waals surface area contributed by atoms with E-state index in [9.17, 15) is 18.0 Å². The van der Waals surface area contributed by atoms with E-state index in [-0.39, 0.29) is 12.2 Å². The predicted octanol–water partition coefficient (Wildman–Crippen LogP) is -0.990. The molecule has 1 saturated heterocycles. The first kappa shape index (κ1) is 9.97. The summed E-state index contributed by atoms with van der Waals surface area (Å²) in [5, 5.41) is 10.3. The molecule has 0 aromatic carbocycles. The van der Waals surface area contributed by atoms with Crippen LogP contribution < -0.4 is 5.32 Å². The number of amides is 1. The number of carbonyl (C=O) groups is 2. The lowest BCUT2D eigenvalue weighted by Crippen LogP contribution is -2.47. The molecule has 1 fully saturated rings. The molecule has 6 nitrogen and oxygen atoms in total. The van der Waals surface area contributed by atoms with Crippen LogP contribution in [0.1, 0.15) is 6.42 Å². The first-order valence-corrected chi connectivity index (χ1v) is 5.45. The van der Waals surface area contributed by atoms with Gasteiger partial charge in [-0.2, -0.15) is 0 Å². The molecular weight excluding hydrogens is 198 g/mol. The smallest absolute Gasteiger partial charge is 0.405 e.